The van der Waals surface area contributed by atoms with E-state index in [1.54, 1.807) is 0 Å². The second-order valence-corrected chi connectivity index (χ2v) is 5.44. The summed E-state index contributed by atoms with van der Waals surface area (Å²) >= 11 is 0. The predicted molar refractivity (Wildman–Crippen MR) is 56.1 cm³/mol. The van der Waals surface area contributed by atoms with Crippen LogP contribution in [0.4, 0.5) is 8.78 Å². The first kappa shape index (κ1) is 12.0. The van der Waals surface area contributed by atoms with Crippen molar-refractivity contribution in [3.63, 3.8) is 0 Å². The van der Waals surface area contributed by atoms with Crippen LogP contribution in [0.15, 0.2) is 12.4 Å². The number of nitrogens with zero attached hydrogens (tertiary/aromatic N) is 2. The smallest absolute Gasteiger partial charge is 0.320 e. The maximum absolute atomic E-state index is 13.3. The first-order chi connectivity index (χ1) is 7.61. The summed E-state index contributed by atoms with van der Waals surface area (Å²) in [6.07, 6.45) is 1.97. The number of carbonyl (C=O) groups is 1. The Morgan fingerprint density at radius 1 is 1.53 bits per heavy atom. The van der Waals surface area contributed by atoms with Crippen molar-refractivity contribution in [3.05, 3.63) is 18.0 Å². The lowest BCUT2D eigenvalue weighted by Crippen LogP contribution is -2.27. The average molecular weight is 244 g/mol. The molecule has 0 spiro atoms. The Balaban J connectivity index is 2.42. The van der Waals surface area contributed by atoms with Gasteiger partial charge in [-0.2, -0.15) is 5.10 Å². The van der Waals surface area contributed by atoms with Crippen molar-refractivity contribution in [1.29, 1.82) is 0 Å². The highest BCUT2D eigenvalue weighted by Gasteiger charge is 2.77. The molecule has 1 N–H and O–H groups in total. The molecule has 94 valence electrons. The van der Waals surface area contributed by atoms with Crippen LogP contribution in [0, 0.1) is 0 Å². The molecule has 17 heavy (non-hydrogen) atoms. The molecule has 0 aliphatic heterocycles. The Morgan fingerprint density at radius 3 is 2.35 bits per heavy atom. The standard InChI is InChI=1S/C11H14F2N2O2/c1-9(2,3)15-5-7(4-14-15)10(8(16)17)6-11(10,12)13/h4-5H,6H2,1-3H3,(H,16,17). The molecule has 2 rings (SSSR count). The van der Waals surface area contributed by atoms with E-state index in [1.165, 1.54) is 17.1 Å². The van der Waals surface area contributed by atoms with Crippen LogP contribution < -0.4 is 0 Å². The van der Waals surface area contributed by atoms with E-state index >= 15 is 0 Å². The molecule has 4 nitrogen and oxygen atoms in total. The normalized spacial score (nSPS) is 26.9. The zero-order valence-electron chi connectivity index (χ0n) is 9.87. The Labute approximate surface area is 97.2 Å². The maximum atomic E-state index is 13.3. The molecule has 1 unspecified atom stereocenters. The van der Waals surface area contributed by atoms with Gasteiger partial charge in [0.05, 0.1) is 11.7 Å². The van der Waals surface area contributed by atoms with E-state index < -0.39 is 23.7 Å². The van der Waals surface area contributed by atoms with Gasteiger partial charge in [-0.1, -0.05) is 0 Å². The number of hydrogen-bond donors (Lipinski definition) is 1. The van der Waals surface area contributed by atoms with Gasteiger partial charge in [-0.25, -0.2) is 8.78 Å². The molecular formula is C11H14F2N2O2. The van der Waals surface area contributed by atoms with E-state index in [-0.39, 0.29) is 11.1 Å². The molecule has 6 heteroatoms. The van der Waals surface area contributed by atoms with Crippen molar-refractivity contribution in [2.75, 3.05) is 0 Å². The molecule has 1 fully saturated rings. The fraction of sp³-hybridized carbons (Fsp3) is 0.636. The Kier molecular flexibility index (Phi) is 2.16. The Bertz CT molecular complexity index is 476. The van der Waals surface area contributed by atoms with Gasteiger partial charge in [0.1, 0.15) is 0 Å². The fourth-order valence-electron chi connectivity index (χ4n) is 1.87. The third-order valence-corrected chi connectivity index (χ3v) is 3.11. The molecule has 0 saturated heterocycles. The number of carboxylic acid groups (broad SMARTS) is 1. The zero-order valence-corrected chi connectivity index (χ0v) is 9.87. The van der Waals surface area contributed by atoms with E-state index in [4.69, 9.17) is 5.11 Å². The summed E-state index contributed by atoms with van der Waals surface area (Å²) in [5.74, 6) is -4.67. The first-order valence-corrected chi connectivity index (χ1v) is 5.28. The molecule has 1 aliphatic carbocycles. The van der Waals surface area contributed by atoms with E-state index in [0.717, 1.165) is 0 Å². The summed E-state index contributed by atoms with van der Waals surface area (Å²) in [5.41, 5.74) is -2.36. The predicted octanol–water partition coefficient (Wildman–Crippen LogP) is 2.00. The van der Waals surface area contributed by atoms with Crippen LogP contribution in [0.25, 0.3) is 0 Å². The molecule has 1 aromatic rings. The summed E-state index contributed by atoms with van der Waals surface area (Å²) in [4.78, 5) is 11.0. The number of hydrogen-bond acceptors (Lipinski definition) is 2. The second kappa shape index (κ2) is 3.05. The summed E-state index contributed by atoms with van der Waals surface area (Å²) in [5, 5.41) is 12.9. The molecule has 0 radical (unpaired) electrons. The summed E-state index contributed by atoms with van der Waals surface area (Å²) < 4.78 is 28.1. The van der Waals surface area contributed by atoms with Crippen molar-refractivity contribution < 1.29 is 18.7 Å². The third-order valence-electron chi connectivity index (χ3n) is 3.11. The van der Waals surface area contributed by atoms with Crippen molar-refractivity contribution >= 4 is 5.97 Å². The molecule has 0 bridgehead atoms. The number of aromatic nitrogens is 2. The number of rotatable bonds is 2. The van der Waals surface area contributed by atoms with Crippen LogP contribution in [-0.2, 0) is 15.7 Å². The van der Waals surface area contributed by atoms with Crippen molar-refractivity contribution in [2.45, 2.75) is 44.1 Å². The van der Waals surface area contributed by atoms with Crippen LogP contribution >= 0.6 is 0 Å². The molecule has 1 aliphatic rings. The quantitative estimate of drug-likeness (QED) is 0.865. The third kappa shape index (κ3) is 1.54. The van der Waals surface area contributed by atoms with Gasteiger partial charge in [0.15, 0.2) is 5.41 Å². The lowest BCUT2D eigenvalue weighted by Gasteiger charge is -2.19. The van der Waals surface area contributed by atoms with Gasteiger partial charge in [0.2, 0.25) is 0 Å². The molecular weight excluding hydrogens is 230 g/mol. The summed E-state index contributed by atoms with van der Waals surface area (Å²) in [7, 11) is 0. The van der Waals surface area contributed by atoms with Gasteiger partial charge in [0.25, 0.3) is 5.92 Å². The molecule has 1 atom stereocenters. The second-order valence-electron chi connectivity index (χ2n) is 5.44. The average Bonchev–Trinajstić information content (AvgIpc) is 2.61. The van der Waals surface area contributed by atoms with E-state index in [2.05, 4.69) is 5.10 Å². The highest BCUT2D eigenvalue weighted by Crippen LogP contribution is 2.61. The monoisotopic (exact) mass is 244 g/mol. The van der Waals surface area contributed by atoms with Gasteiger partial charge < -0.3 is 5.11 Å². The highest BCUT2D eigenvalue weighted by atomic mass is 19.3. The number of halogens is 2. The van der Waals surface area contributed by atoms with Gasteiger partial charge in [-0.05, 0) is 20.8 Å². The lowest BCUT2D eigenvalue weighted by atomic mass is 9.99. The fourth-order valence-corrected chi connectivity index (χ4v) is 1.87. The van der Waals surface area contributed by atoms with Crippen LogP contribution in [0.5, 0.6) is 0 Å². The van der Waals surface area contributed by atoms with Gasteiger partial charge in [-0.15, -0.1) is 0 Å². The van der Waals surface area contributed by atoms with E-state index in [9.17, 15) is 13.6 Å². The maximum Gasteiger partial charge on any atom is 0.320 e. The largest absolute Gasteiger partial charge is 0.480 e. The van der Waals surface area contributed by atoms with Gasteiger partial charge in [0, 0.05) is 18.2 Å². The SMILES string of the molecule is CC(C)(C)n1cc(C2(C(=O)O)CC2(F)F)cn1. The summed E-state index contributed by atoms with van der Waals surface area (Å²) in [6.45, 7) is 5.59. The van der Waals surface area contributed by atoms with E-state index in [0.29, 0.717) is 0 Å². The summed E-state index contributed by atoms with van der Waals surface area (Å²) in [6, 6.07) is 0. The van der Waals surface area contributed by atoms with Gasteiger partial charge >= 0.3 is 5.97 Å². The lowest BCUT2D eigenvalue weighted by molar-refractivity contribution is -0.142. The zero-order chi connectivity index (χ0) is 13.1. The first-order valence-electron chi connectivity index (χ1n) is 5.28. The number of carboxylic acids is 1. The van der Waals surface area contributed by atoms with E-state index in [1.807, 2.05) is 20.8 Å². The highest BCUT2D eigenvalue weighted by molar-refractivity contribution is 5.87. The molecule has 1 aromatic heterocycles. The van der Waals surface area contributed by atoms with Crippen molar-refractivity contribution in [3.8, 4) is 0 Å². The van der Waals surface area contributed by atoms with Crippen molar-refractivity contribution in [1.82, 2.24) is 9.78 Å². The molecule has 0 amide bonds. The van der Waals surface area contributed by atoms with Gasteiger partial charge in [-0.3, -0.25) is 9.48 Å². The van der Waals surface area contributed by atoms with Crippen LogP contribution in [-0.4, -0.2) is 26.8 Å². The number of aliphatic carboxylic acids is 1. The topological polar surface area (TPSA) is 55.1 Å². The van der Waals surface area contributed by atoms with Crippen LogP contribution in [0.2, 0.25) is 0 Å². The Morgan fingerprint density at radius 2 is 2.06 bits per heavy atom. The molecule has 1 saturated carbocycles. The van der Waals surface area contributed by atoms with Crippen LogP contribution in [0.1, 0.15) is 32.8 Å². The molecule has 0 aromatic carbocycles. The minimum Gasteiger partial charge on any atom is -0.480 e. The minimum absolute atomic E-state index is 0.0740. The number of alkyl halides is 2. The Hall–Kier alpha value is -1.46. The van der Waals surface area contributed by atoms with Crippen molar-refractivity contribution in [2.24, 2.45) is 0 Å². The molecule has 1 heterocycles. The minimum atomic E-state index is -3.18. The van der Waals surface area contributed by atoms with Crippen LogP contribution in [0.3, 0.4) is 0 Å².